The Hall–Kier alpha value is -1.80. The number of aldehydes is 1. The van der Waals surface area contributed by atoms with E-state index in [0.29, 0.717) is 16.9 Å². The average Bonchev–Trinajstić information content (AvgIpc) is 2.33. The SMILES string of the molecule is Cc1c(Cl)cccc1-c1cccc(C=O)c1O. The molecule has 2 rings (SSSR count). The van der Waals surface area contributed by atoms with Gasteiger partial charge in [-0.2, -0.15) is 0 Å². The van der Waals surface area contributed by atoms with Crippen molar-refractivity contribution in [3.63, 3.8) is 0 Å². The van der Waals surface area contributed by atoms with Crippen LogP contribution in [-0.4, -0.2) is 11.4 Å². The molecule has 2 nitrogen and oxygen atoms in total. The molecule has 0 radical (unpaired) electrons. The first-order valence-electron chi connectivity index (χ1n) is 5.18. The Morgan fingerprint density at radius 1 is 1.12 bits per heavy atom. The number of carbonyl (C=O) groups is 1. The fourth-order valence-electron chi connectivity index (χ4n) is 1.77. The third kappa shape index (κ3) is 2.04. The molecule has 0 atom stereocenters. The number of phenolic OH excluding ortho intramolecular Hbond substituents is 1. The summed E-state index contributed by atoms with van der Waals surface area (Å²) in [6.45, 7) is 1.88. The van der Waals surface area contributed by atoms with Crippen molar-refractivity contribution in [1.29, 1.82) is 0 Å². The summed E-state index contributed by atoms with van der Waals surface area (Å²) >= 11 is 6.04. The molecular weight excluding hydrogens is 236 g/mol. The predicted molar refractivity (Wildman–Crippen MR) is 68.7 cm³/mol. The molecule has 0 heterocycles. The molecule has 0 aliphatic rings. The molecule has 1 N–H and O–H groups in total. The summed E-state index contributed by atoms with van der Waals surface area (Å²) in [6.07, 6.45) is 0.638. The first-order chi connectivity index (χ1) is 8.15. The highest BCUT2D eigenvalue weighted by Gasteiger charge is 2.11. The van der Waals surface area contributed by atoms with Crippen molar-refractivity contribution < 1.29 is 9.90 Å². The van der Waals surface area contributed by atoms with Gasteiger partial charge in [0.2, 0.25) is 0 Å². The first-order valence-corrected chi connectivity index (χ1v) is 5.55. The third-order valence-corrected chi connectivity index (χ3v) is 3.16. The minimum Gasteiger partial charge on any atom is -0.507 e. The van der Waals surface area contributed by atoms with E-state index in [1.807, 2.05) is 19.1 Å². The quantitative estimate of drug-likeness (QED) is 0.818. The second-order valence-electron chi connectivity index (χ2n) is 3.77. The predicted octanol–water partition coefficient (Wildman–Crippen LogP) is 3.83. The molecule has 2 aromatic carbocycles. The van der Waals surface area contributed by atoms with E-state index in [-0.39, 0.29) is 11.3 Å². The lowest BCUT2D eigenvalue weighted by molar-refractivity contribution is 0.112. The summed E-state index contributed by atoms with van der Waals surface area (Å²) in [5, 5.41) is 10.6. The number of phenols is 1. The summed E-state index contributed by atoms with van der Waals surface area (Å²) in [4.78, 5) is 10.8. The van der Waals surface area contributed by atoms with Crippen LogP contribution in [0.1, 0.15) is 15.9 Å². The van der Waals surface area contributed by atoms with Crippen molar-refractivity contribution in [2.75, 3.05) is 0 Å². The van der Waals surface area contributed by atoms with Crippen LogP contribution >= 0.6 is 11.6 Å². The van der Waals surface area contributed by atoms with Gasteiger partial charge in [0, 0.05) is 10.6 Å². The Labute approximate surface area is 104 Å². The molecule has 0 bridgehead atoms. The Bertz CT molecular complexity index is 576. The Morgan fingerprint density at radius 2 is 1.76 bits per heavy atom. The molecule has 0 fully saturated rings. The van der Waals surface area contributed by atoms with Gasteiger partial charge in [0.05, 0.1) is 5.56 Å². The Morgan fingerprint density at radius 3 is 2.47 bits per heavy atom. The number of halogens is 1. The van der Waals surface area contributed by atoms with Crippen LogP contribution in [0, 0.1) is 6.92 Å². The molecule has 17 heavy (non-hydrogen) atoms. The highest BCUT2D eigenvalue weighted by atomic mass is 35.5. The molecule has 0 saturated heterocycles. The number of benzene rings is 2. The van der Waals surface area contributed by atoms with E-state index < -0.39 is 0 Å². The van der Waals surface area contributed by atoms with Crippen LogP contribution in [-0.2, 0) is 0 Å². The summed E-state index contributed by atoms with van der Waals surface area (Å²) < 4.78 is 0. The van der Waals surface area contributed by atoms with E-state index in [1.165, 1.54) is 0 Å². The van der Waals surface area contributed by atoms with Crippen molar-refractivity contribution >= 4 is 17.9 Å². The standard InChI is InChI=1S/C14H11ClO2/c1-9-11(5-3-7-13(9)15)12-6-2-4-10(8-16)14(12)17/h2-8,17H,1H3. The van der Waals surface area contributed by atoms with Gasteiger partial charge in [0.25, 0.3) is 0 Å². The summed E-state index contributed by atoms with van der Waals surface area (Å²) in [5.41, 5.74) is 2.61. The number of carbonyl (C=O) groups excluding carboxylic acids is 1. The van der Waals surface area contributed by atoms with E-state index in [2.05, 4.69) is 0 Å². The molecule has 0 unspecified atom stereocenters. The van der Waals surface area contributed by atoms with Gasteiger partial charge >= 0.3 is 0 Å². The van der Waals surface area contributed by atoms with Crippen molar-refractivity contribution in [3.8, 4) is 16.9 Å². The van der Waals surface area contributed by atoms with Gasteiger partial charge in [0.15, 0.2) is 6.29 Å². The maximum absolute atomic E-state index is 10.8. The summed E-state index contributed by atoms with van der Waals surface area (Å²) in [6, 6.07) is 10.6. The molecule has 0 saturated carbocycles. The van der Waals surface area contributed by atoms with Crippen LogP contribution in [0.25, 0.3) is 11.1 Å². The minimum atomic E-state index is -0.00660. The van der Waals surface area contributed by atoms with Crippen molar-refractivity contribution in [2.24, 2.45) is 0 Å². The van der Waals surface area contributed by atoms with Crippen molar-refractivity contribution in [1.82, 2.24) is 0 Å². The molecule has 86 valence electrons. The largest absolute Gasteiger partial charge is 0.507 e. The van der Waals surface area contributed by atoms with Crippen molar-refractivity contribution in [2.45, 2.75) is 6.92 Å². The van der Waals surface area contributed by atoms with Crippen LogP contribution in [0.4, 0.5) is 0 Å². The first kappa shape index (κ1) is 11.7. The second-order valence-corrected chi connectivity index (χ2v) is 4.18. The number of aromatic hydroxyl groups is 1. The maximum atomic E-state index is 10.8. The van der Waals surface area contributed by atoms with Gasteiger partial charge in [-0.05, 0) is 30.2 Å². The van der Waals surface area contributed by atoms with E-state index >= 15 is 0 Å². The molecule has 2 aromatic rings. The van der Waals surface area contributed by atoms with Gasteiger partial charge in [0.1, 0.15) is 5.75 Å². The Kier molecular flexibility index (Phi) is 3.16. The highest BCUT2D eigenvalue weighted by Crippen LogP contribution is 2.35. The smallest absolute Gasteiger partial charge is 0.153 e. The summed E-state index contributed by atoms with van der Waals surface area (Å²) in [5.74, 6) is -0.00660. The molecule has 3 heteroatoms. The fraction of sp³-hybridized carbons (Fsp3) is 0.0714. The lowest BCUT2D eigenvalue weighted by Crippen LogP contribution is -1.88. The zero-order valence-electron chi connectivity index (χ0n) is 9.27. The zero-order chi connectivity index (χ0) is 12.4. The highest BCUT2D eigenvalue weighted by molar-refractivity contribution is 6.31. The van der Waals surface area contributed by atoms with E-state index in [0.717, 1.165) is 11.1 Å². The third-order valence-electron chi connectivity index (χ3n) is 2.75. The normalized spacial score (nSPS) is 10.2. The topological polar surface area (TPSA) is 37.3 Å². The molecular formula is C14H11ClO2. The van der Waals surface area contributed by atoms with Crippen LogP contribution in [0.5, 0.6) is 5.75 Å². The van der Waals surface area contributed by atoms with Gasteiger partial charge < -0.3 is 5.11 Å². The van der Waals surface area contributed by atoms with E-state index in [1.54, 1.807) is 24.3 Å². The van der Waals surface area contributed by atoms with Gasteiger partial charge in [-0.25, -0.2) is 0 Å². The number of para-hydroxylation sites is 1. The number of hydrogen-bond acceptors (Lipinski definition) is 2. The second kappa shape index (κ2) is 4.60. The number of rotatable bonds is 2. The maximum Gasteiger partial charge on any atom is 0.153 e. The molecule has 0 spiro atoms. The summed E-state index contributed by atoms with van der Waals surface area (Å²) in [7, 11) is 0. The molecule has 0 aromatic heterocycles. The molecule has 0 aliphatic carbocycles. The van der Waals surface area contributed by atoms with E-state index in [9.17, 15) is 9.90 Å². The van der Waals surface area contributed by atoms with Crippen LogP contribution < -0.4 is 0 Å². The molecule has 0 amide bonds. The monoisotopic (exact) mass is 246 g/mol. The van der Waals surface area contributed by atoms with Gasteiger partial charge in [-0.15, -0.1) is 0 Å². The zero-order valence-corrected chi connectivity index (χ0v) is 10.0. The van der Waals surface area contributed by atoms with E-state index in [4.69, 9.17) is 11.6 Å². The van der Waals surface area contributed by atoms with Crippen LogP contribution in [0.15, 0.2) is 36.4 Å². The Balaban J connectivity index is 2.69. The van der Waals surface area contributed by atoms with Crippen LogP contribution in [0.2, 0.25) is 5.02 Å². The molecule has 0 aliphatic heterocycles. The fourth-order valence-corrected chi connectivity index (χ4v) is 1.95. The van der Waals surface area contributed by atoms with Gasteiger partial charge in [-0.1, -0.05) is 35.9 Å². The average molecular weight is 247 g/mol. The van der Waals surface area contributed by atoms with Crippen molar-refractivity contribution in [3.05, 3.63) is 52.5 Å². The number of hydrogen-bond donors (Lipinski definition) is 1. The lowest BCUT2D eigenvalue weighted by atomic mass is 9.98. The van der Waals surface area contributed by atoms with Gasteiger partial charge in [-0.3, -0.25) is 4.79 Å². The van der Waals surface area contributed by atoms with Crippen LogP contribution in [0.3, 0.4) is 0 Å². The minimum absolute atomic E-state index is 0.00660. The lowest BCUT2D eigenvalue weighted by Gasteiger charge is -2.10.